The molecule has 7 rings (SSSR count). The molecule has 2 saturated carbocycles. The highest BCUT2D eigenvalue weighted by atomic mass is 16.7. The van der Waals surface area contributed by atoms with E-state index in [0.717, 1.165) is 24.2 Å². The Morgan fingerprint density at radius 1 is 1.33 bits per heavy atom. The van der Waals surface area contributed by atoms with Crippen LogP contribution >= 0.6 is 0 Å². The van der Waals surface area contributed by atoms with Gasteiger partial charge in [0, 0.05) is 43.7 Å². The van der Waals surface area contributed by atoms with Crippen LogP contribution in [0.4, 0.5) is 5.69 Å². The van der Waals surface area contributed by atoms with Crippen molar-refractivity contribution in [3.05, 3.63) is 42.5 Å². The summed E-state index contributed by atoms with van der Waals surface area (Å²) in [7, 11) is 1.64. The number of carbonyl (C=O) groups excluding carboxylic acids is 1. The fourth-order valence-electron chi connectivity index (χ4n) is 7.84. The van der Waals surface area contributed by atoms with Gasteiger partial charge < -0.3 is 14.2 Å². The number of ether oxygens (including phenoxy) is 3. The average Bonchev–Trinajstić information content (AvgIpc) is 2.97. The number of methoxy groups -OCH3 is 1. The van der Waals surface area contributed by atoms with E-state index in [1.54, 1.807) is 7.11 Å². The third kappa shape index (κ3) is 1.93. The van der Waals surface area contributed by atoms with Gasteiger partial charge in [0.15, 0.2) is 6.29 Å². The van der Waals surface area contributed by atoms with E-state index in [1.165, 1.54) is 0 Å². The standard InChI is InChI=1S/C24H30N2O4/c1-5-23-12-25-19-16(23)11-18(30-14(3)29-6-2)24(21(23)20(19)25)15-9-7-8-10-17(15)26(13-28-4)22(24)27/h5,7-10,14,16,18-21H,1,6,11-13H2,2-4H3/t14?,16-,18-,19?,20-,21+,23+,24-,25?/m1/s1. The molecule has 3 unspecified atom stereocenters. The SMILES string of the molecule is C=C[C@@]12CN3C4[C@@H]3[C@@H]1[C@]1(C(=O)N(COC)c3ccccc31)[C@H](OC(C)OCC)C[C@H]42. The van der Waals surface area contributed by atoms with Crippen molar-refractivity contribution in [1.29, 1.82) is 0 Å². The van der Waals surface area contributed by atoms with Gasteiger partial charge in [0.05, 0.1) is 11.8 Å². The Hall–Kier alpha value is -1.73. The van der Waals surface area contributed by atoms with Gasteiger partial charge in [-0.25, -0.2) is 0 Å². The molecular formula is C24H30N2O4. The summed E-state index contributed by atoms with van der Waals surface area (Å²) in [6.07, 6.45) is 2.46. The minimum Gasteiger partial charge on any atom is -0.364 e. The van der Waals surface area contributed by atoms with Gasteiger partial charge in [0.2, 0.25) is 5.91 Å². The van der Waals surface area contributed by atoms with Gasteiger partial charge >= 0.3 is 0 Å². The second-order valence-corrected chi connectivity index (χ2v) is 9.47. The molecule has 9 atom stereocenters. The maximum Gasteiger partial charge on any atom is 0.242 e. The number of anilines is 1. The first-order valence-electron chi connectivity index (χ1n) is 11.1. The highest BCUT2D eigenvalue weighted by Gasteiger charge is 2.87. The van der Waals surface area contributed by atoms with Gasteiger partial charge in [0.25, 0.3) is 0 Å². The molecule has 6 heteroatoms. The molecule has 1 aromatic rings. The lowest BCUT2D eigenvalue weighted by Crippen LogP contribution is -2.62. The van der Waals surface area contributed by atoms with E-state index >= 15 is 0 Å². The van der Waals surface area contributed by atoms with E-state index in [0.29, 0.717) is 24.6 Å². The van der Waals surface area contributed by atoms with E-state index in [2.05, 4.69) is 23.6 Å². The summed E-state index contributed by atoms with van der Waals surface area (Å²) in [5, 5.41) is 0. The van der Waals surface area contributed by atoms with E-state index in [4.69, 9.17) is 14.2 Å². The van der Waals surface area contributed by atoms with Crippen molar-refractivity contribution in [2.75, 3.05) is 31.9 Å². The smallest absolute Gasteiger partial charge is 0.242 e. The van der Waals surface area contributed by atoms with E-state index in [-0.39, 0.29) is 36.4 Å². The molecule has 160 valence electrons. The number of fused-ring (bicyclic) bond motifs is 2. The second-order valence-electron chi connectivity index (χ2n) is 9.47. The Morgan fingerprint density at radius 3 is 2.87 bits per heavy atom. The van der Waals surface area contributed by atoms with E-state index in [1.807, 2.05) is 36.9 Å². The van der Waals surface area contributed by atoms with Crippen LogP contribution in [-0.2, 0) is 24.4 Å². The number of piperidine rings is 3. The number of rotatable bonds is 7. The monoisotopic (exact) mass is 410 g/mol. The number of benzene rings is 1. The van der Waals surface area contributed by atoms with Crippen LogP contribution in [-0.4, -0.2) is 62.3 Å². The molecule has 1 spiro atoms. The molecule has 4 aliphatic heterocycles. The number of hydrogen-bond donors (Lipinski definition) is 0. The minimum absolute atomic E-state index is 0.0180. The number of hydrogen-bond acceptors (Lipinski definition) is 5. The summed E-state index contributed by atoms with van der Waals surface area (Å²) < 4.78 is 17.8. The largest absolute Gasteiger partial charge is 0.364 e. The maximum atomic E-state index is 14.3. The molecule has 3 saturated heterocycles. The quantitative estimate of drug-likeness (QED) is 0.393. The average molecular weight is 411 g/mol. The van der Waals surface area contributed by atoms with Crippen LogP contribution in [0, 0.1) is 17.3 Å². The minimum atomic E-state index is -0.726. The first-order valence-corrected chi connectivity index (χ1v) is 11.1. The molecule has 6 aliphatic rings. The Balaban J connectivity index is 1.55. The lowest BCUT2D eigenvalue weighted by atomic mass is 9.52. The molecule has 6 nitrogen and oxygen atoms in total. The van der Waals surface area contributed by atoms with Crippen LogP contribution in [0.2, 0.25) is 0 Å². The maximum absolute atomic E-state index is 14.3. The fourth-order valence-corrected chi connectivity index (χ4v) is 7.84. The molecule has 4 heterocycles. The number of carbonyl (C=O) groups is 1. The summed E-state index contributed by atoms with van der Waals surface area (Å²) in [4.78, 5) is 18.7. The van der Waals surface area contributed by atoms with Gasteiger partial charge in [-0.1, -0.05) is 24.3 Å². The molecule has 6 bridgehead atoms. The third-order valence-electron chi connectivity index (χ3n) is 8.61. The topological polar surface area (TPSA) is 51.0 Å². The number of nitrogens with zero attached hydrogens (tertiary/aromatic N) is 2. The molecular weight excluding hydrogens is 380 g/mol. The Labute approximate surface area is 177 Å². The predicted octanol–water partition coefficient (Wildman–Crippen LogP) is 2.53. The van der Waals surface area contributed by atoms with Crippen LogP contribution in [0.15, 0.2) is 36.9 Å². The predicted molar refractivity (Wildman–Crippen MR) is 112 cm³/mol. The molecule has 2 aliphatic carbocycles. The molecule has 30 heavy (non-hydrogen) atoms. The number of amides is 1. The lowest BCUT2D eigenvalue weighted by Gasteiger charge is -2.52. The Bertz CT molecular complexity index is 920. The highest BCUT2D eigenvalue weighted by molar-refractivity contribution is 6.09. The Morgan fingerprint density at radius 2 is 2.13 bits per heavy atom. The molecule has 5 fully saturated rings. The normalized spacial score (nSPS) is 45.2. The van der Waals surface area contributed by atoms with Crippen LogP contribution in [0.1, 0.15) is 25.8 Å². The van der Waals surface area contributed by atoms with Crippen molar-refractivity contribution in [2.24, 2.45) is 17.3 Å². The van der Waals surface area contributed by atoms with Crippen molar-refractivity contribution in [1.82, 2.24) is 4.90 Å². The van der Waals surface area contributed by atoms with Crippen LogP contribution in [0.5, 0.6) is 0 Å². The second kappa shape index (κ2) is 6.16. The zero-order valence-corrected chi connectivity index (χ0v) is 17.9. The first kappa shape index (κ1) is 19.0. The summed E-state index contributed by atoms with van der Waals surface area (Å²) in [5.41, 5.74) is 1.30. The van der Waals surface area contributed by atoms with Crippen molar-refractivity contribution in [3.8, 4) is 0 Å². The molecule has 0 N–H and O–H groups in total. The summed E-state index contributed by atoms with van der Waals surface area (Å²) >= 11 is 0. The molecule has 0 aromatic heterocycles. The summed E-state index contributed by atoms with van der Waals surface area (Å²) in [6, 6.07) is 9.23. The van der Waals surface area contributed by atoms with Gasteiger partial charge in [-0.05, 0) is 37.8 Å². The third-order valence-corrected chi connectivity index (χ3v) is 8.61. The van der Waals surface area contributed by atoms with E-state index < -0.39 is 5.41 Å². The summed E-state index contributed by atoms with van der Waals surface area (Å²) in [6.45, 7) is 10.1. The lowest BCUT2D eigenvalue weighted by molar-refractivity contribution is -0.199. The molecule has 0 radical (unpaired) electrons. The fraction of sp³-hybridized carbons (Fsp3) is 0.625. The van der Waals surface area contributed by atoms with Gasteiger partial charge in [-0.2, -0.15) is 0 Å². The number of para-hydroxylation sites is 1. The van der Waals surface area contributed by atoms with E-state index in [9.17, 15) is 4.79 Å². The van der Waals surface area contributed by atoms with Gasteiger partial charge in [0.1, 0.15) is 12.1 Å². The van der Waals surface area contributed by atoms with Crippen molar-refractivity contribution >= 4 is 11.6 Å². The zero-order valence-electron chi connectivity index (χ0n) is 17.9. The van der Waals surface area contributed by atoms with Crippen molar-refractivity contribution in [3.63, 3.8) is 0 Å². The van der Waals surface area contributed by atoms with Gasteiger partial charge in [-0.3, -0.25) is 14.6 Å². The van der Waals surface area contributed by atoms with Gasteiger partial charge in [-0.15, -0.1) is 6.58 Å². The van der Waals surface area contributed by atoms with Crippen molar-refractivity contribution in [2.45, 2.75) is 50.2 Å². The van der Waals surface area contributed by atoms with Crippen LogP contribution < -0.4 is 4.90 Å². The molecule has 1 amide bonds. The van der Waals surface area contributed by atoms with Crippen LogP contribution in [0.3, 0.4) is 0 Å². The highest BCUT2D eigenvalue weighted by Crippen LogP contribution is 2.78. The summed E-state index contributed by atoms with van der Waals surface area (Å²) in [5.74, 6) is 0.801. The first-order chi connectivity index (χ1) is 14.6. The Kier molecular flexibility index (Phi) is 3.90. The zero-order chi connectivity index (χ0) is 20.8. The van der Waals surface area contributed by atoms with Crippen LogP contribution in [0.25, 0.3) is 0 Å². The molecule has 1 aromatic carbocycles. The van der Waals surface area contributed by atoms with Crippen molar-refractivity contribution < 1.29 is 19.0 Å².